The van der Waals surface area contributed by atoms with Crippen molar-refractivity contribution in [2.45, 2.75) is 20.1 Å². The van der Waals surface area contributed by atoms with Crippen LogP contribution in [0.1, 0.15) is 22.3 Å². The van der Waals surface area contributed by atoms with Gasteiger partial charge in [-0.2, -0.15) is 0 Å². The molecular formula is C32H26Cl2Zr. The second kappa shape index (κ2) is 10.1. The molecule has 0 unspecified atom stereocenters. The number of halogens is 2. The molecule has 0 atom stereocenters. The van der Waals surface area contributed by atoms with Crippen LogP contribution in [-0.2, 0) is 29.5 Å². The molecule has 0 aromatic heterocycles. The Morgan fingerprint density at radius 1 is 0.514 bits per heavy atom. The van der Waals surface area contributed by atoms with Crippen molar-refractivity contribution >= 4 is 21.5 Å². The standard InChI is InChI=1S/2C16H13.2ClH.Zr/c2*1-12-10-14-8-4-5-9-15(14)16(11-12)13-6-2-3-7-13;;;/h2*2-11H,1H3;2*1H;/q;;;;+2/p-2. The first-order valence-electron chi connectivity index (χ1n) is 11.6. The third kappa shape index (κ3) is 4.44. The van der Waals surface area contributed by atoms with E-state index in [9.17, 15) is 0 Å². The SMILES string of the molecule is Cc1cc([C]2([Zr+2][C]3(c4cc(C)cc5ccccc45)C=CC=C3)C=CC=C2)c2ccccc2c1.[Cl-].[Cl-]. The number of allylic oxidation sites excluding steroid dienone is 8. The smallest absolute Gasteiger partial charge is 1.00 e. The molecule has 3 heteroatoms. The second-order valence-corrected chi connectivity index (χ2v) is 14.0. The van der Waals surface area contributed by atoms with Gasteiger partial charge < -0.3 is 24.8 Å². The molecule has 6 rings (SSSR count). The van der Waals surface area contributed by atoms with Gasteiger partial charge in [0.1, 0.15) is 0 Å². The van der Waals surface area contributed by atoms with Crippen molar-refractivity contribution in [1.82, 2.24) is 0 Å². The van der Waals surface area contributed by atoms with Crippen LogP contribution in [0.2, 0.25) is 0 Å². The van der Waals surface area contributed by atoms with Crippen molar-refractivity contribution in [2.24, 2.45) is 0 Å². The predicted molar refractivity (Wildman–Crippen MR) is 137 cm³/mol. The summed E-state index contributed by atoms with van der Waals surface area (Å²) in [5.41, 5.74) is 5.62. The van der Waals surface area contributed by atoms with Gasteiger partial charge in [-0.15, -0.1) is 0 Å². The van der Waals surface area contributed by atoms with E-state index in [2.05, 4.69) is 135 Å². The van der Waals surface area contributed by atoms with Crippen LogP contribution >= 0.6 is 0 Å². The van der Waals surface area contributed by atoms with Crippen molar-refractivity contribution in [3.8, 4) is 0 Å². The number of rotatable bonds is 4. The molecule has 0 fully saturated rings. The summed E-state index contributed by atoms with van der Waals surface area (Å²) < 4.78 is -0.00228. The van der Waals surface area contributed by atoms with E-state index in [-0.39, 0.29) is 31.1 Å². The molecule has 2 aliphatic carbocycles. The molecule has 0 bridgehead atoms. The van der Waals surface area contributed by atoms with Crippen molar-refractivity contribution in [3.63, 3.8) is 0 Å². The van der Waals surface area contributed by atoms with Crippen LogP contribution < -0.4 is 24.8 Å². The molecular weight excluding hydrogens is 546 g/mol. The third-order valence-electron chi connectivity index (χ3n) is 6.98. The summed E-state index contributed by atoms with van der Waals surface area (Å²) in [4.78, 5) is 0. The van der Waals surface area contributed by atoms with Gasteiger partial charge in [0.25, 0.3) is 0 Å². The summed E-state index contributed by atoms with van der Waals surface area (Å²) >= 11 is -1.20. The molecule has 4 aromatic carbocycles. The van der Waals surface area contributed by atoms with E-state index in [1.165, 1.54) is 43.8 Å². The Balaban J connectivity index is 0.00000144. The number of benzene rings is 4. The third-order valence-corrected chi connectivity index (χ3v) is 12.0. The number of hydrogen-bond acceptors (Lipinski definition) is 0. The van der Waals surface area contributed by atoms with Crippen molar-refractivity contribution < 1.29 is 48.0 Å². The first kappa shape index (κ1) is 25.9. The zero-order valence-corrected chi connectivity index (χ0v) is 23.8. The molecule has 0 heterocycles. The van der Waals surface area contributed by atoms with Crippen LogP contribution in [0.3, 0.4) is 0 Å². The van der Waals surface area contributed by atoms with E-state index in [1.807, 2.05) is 0 Å². The van der Waals surface area contributed by atoms with Crippen molar-refractivity contribution in [3.05, 3.63) is 144 Å². The van der Waals surface area contributed by atoms with Gasteiger partial charge in [0.2, 0.25) is 0 Å². The summed E-state index contributed by atoms with van der Waals surface area (Å²) in [5.74, 6) is 0. The quantitative estimate of drug-likeness (QED) is 0.351. The molecule has 0 saturated heterocycles. The topological polar surface area (TPSA) is 0 Å². The number of fused-ring (bicyclic) bond motifs is 2. The first-order chi connectivity index (χ1) is 16.1. The van der Waals surface area contributed by atoms with Gasteiger partial charge >= 0.3 is 209 Å². The minimum atomic E-state index is -1.20. The van der Waals surface area contributed by atoms with Crippen LogP contribution in [-0.4, -0.2) is 0 Å². The fraction of sp³-hybridized carbons (Fsp3) is 0.125. The molecule has 0 saturated carbocycles. The molecule has 2 aliphatic rings. The van der Waals surface area contributed by atoms with Crippen molar-refractivity contribution in [1.29, 1.82) is 0 Å². The predicted octanol–water partition coefficient (Wildman–Crippen LogP) is 2.04. The van der Waals surface area contributed by atoms with Gasteiger partial charge in [0.05, 0.1) is 0 Å². The summed E-state index contributed by atoms with van der Waals surface area (Å²) in [6.07, 6.45) is 19.0. The van der Waals surface area contributed by atoms with Crippen LogP contribution in [0.15, 0.2) is 121 Å². The van der Waals surface area contributed by atoms with E-state index < -0.39 is 23.2 Å². The summed E-state index contributed by atoms with van der Waals surface area (Å²) in [5, 5.41) is 5.45. The van der Waals surface area contributed by atoms with Gasteiger partial charge in [-0.25, -0.2) is 0 Å². The molecule has 172 valence electrons. The monoisotopic (exact) mass is 570 g/mol. The van der Waals surface area contributed by atoms with Crippen molar-refractivity contribution in [2.75, 3.05) is 0 Å². The zero-order chi connectivity index (χ0) is 22.5. The normalized spacial score (nSPS) is 16.3. The van der Waals surface area contributed by atoms with E-state index in [0.717, 1.165) is 0 Å². The van der Waals surface area contributed by atoms with Crippen LogP contribution in [0.4, 0.5) is 0 Å². The van der Waals surface area contributed by atoms with E-state index in [0.29, 0.717) is 0 Å². The Labute approximate surface area is 231 Å². The minimum Gasteiger partial charge on any atom is -1.00 e. The largest absolute Gasteiger partial charge is 1.00 e. The van der Waals surface area contributed by atoms with Gasteiger partial charge in [0, 0.05) is 0 Å². The fourth-order valence-corrected chi connectivity index (χ4v) is 10.7. The molecule has 0 spiro atoms. The molecule has 0 N–H and O–H groups in total. The molecule has 35 heavy (non-hydrogen) atoms. The Morgan fingerprint density at radius 3 is 1.29 bits per heavy atom. The molecule has 0 amide bonds. The fourth-order valence-electron chi connectivity index (χ4n) is 5.55. The molecule has 0 nitrogen and oxygen atoms in total. The van der Waals surface area contributed by atoms with Gasteiger partial charge in [-0.05, 0) is 0 Å². The minimum absolute atomic E-state index is 0. The van der Waals surface area contributed by atoms with Gasteiger partial charge in [-0.1, -0.05) is 0 Å². The van der Waals surface area contributed by atoms with Crippen LogP contribution in [0.25, 0.3) is 21.5 Å². The summed E-state index contributed by atoms with van der Waals surface area (Å²) in [6, 6.07) is 27.3. The average molecular weight is 573 g/mol. The zero-order valence-electron chi connectivity index (χ0n) is 19.8. The van der Waals surface area contributed by atoms with E-state index >= 15 is 0 Å². The van der Waals surface area contributed by atoms with Crippen LogP contribution in [0, 0.1) is 13.8 Å². The average Bonchev–Trinajstić information content (AvgIpc) is 3.49. The maximum Gasteiger partial charge on any atom is -1.00 e. The van der Waals surface area contributed by atoms with Crippen LogP contribution in [0.5, 0.6) is 0 Å². The van der Waals surface area contributed by atoms with E-state index in [1.54, 1.807) is 0 Å². The van der Waals surface area contributed by atoms with E-state index in [4.69, 9.17) is 0 Å². The Kier molecular flexibility index (Phi) is 7.44. The molecule has 0 radical (unpaired) electrons. The maximum atomic E-state index is 2.49. The molecule has 4 aromatic rings. The van der Waals surface area contributed by atoms with Gasteiger partial charge in [0.15, 0.2) is 0 Å². The number of aryl methyl sites for hydroxylation is 2. The number of hydrogen-bond donors (Lipinski definition) is 0. The van der Waals surface area contributed by atoms with Gasteiger partial charge in [-0.3, -0.25) is 0 Å². The Hall–Kier alpha value is -2.18. The Bertz CT molecular complexity index is 1380. The maximum absolute atomic E-state index is 2.49. The summed E-state index contributed by atoms with van der Waals surface area (Å²) in [7, 11) is 0. The first-order valence-corrected chi connectivity index (χ1v) is 14.1. The summed E-state index contributed by atoms with van der Waals surface area (Å²) in [6.45, 7) is 4.46. The second-order valence-electron chi connectivity index (χ2n) is 9.37. The molecule has 0 aliphatic heterocycles. The Morgan fingerprint density at radius 2 is 0.886 bits per heavy atom.